The number of aromatic nitrogens is 4. The van der Waals surface area contributed by atoms with Crippen LogP contribution in [0.15, 0.2) is 48.2 Å². The van der Waals surface area contributed by atoms with Crippen molar-refractivity contribution in [2.24, 2.45) is 10.7 Å². The van der Waals surface area contributed by atoms with Crippen LogP contribution in [0.3, 0.4) is 0 Å². The number of nitrogens with two attached hydrogens (primary N) is 1. The third kappa shape index (κ3) is 2.02. The summed E-state index contributed by atoms with van der Waals surface area (Å²) in [5.41, 5.74) is 8.12. The molecule has 0 amide bonds. The van der Waals surface area contributed by atoms with Gasteiger partial charge in [-0.05, 0) is 18.2 Å². The van der Waals surface area contributed by atoms with E-state index in [1.165, 1.54) is 12.7 Å². The molecule has 6 nitrogen and oxygen atoms in total. The monoisotopic (exact) mass is 252 g/mol. The molecule has 6 heteroatoms. The van der Waals surface area contributed by atoms with Crippen LogP contribution in [0.5, 0.6) is 0 Å². The SMILES string of the molecule is NC1(c2ccncn2)CN=CC=C1c1ccncn1. The van der Waals surface area contributed by atoms with E-state index in [0.29, 0.717) is 6.54 Å². The van der Waals surface area contributed by atoms with E-state index in [1.54, 1.807) is 24.7 Å². The van der Waals surface area contributed by atoms with Crippen molar-refractivity contribution in [1.82, 2.24) is 19.9 Å². The number of allylic oxidation sites excluding steroid dienone is 1. The number of aliphatic imine (C=N–C) groups is 1. The van der Waals surface area contributed by atoms with E-state index in [2.05, 4.69) is 24.9 Å². The molecule has 2 aromatic heterocycles. The quantitative estimate of drug-likeness (QED) is 0.844. The maximum absolute atomic E-state index is 6.52. The van der Waals surface area contributed by atoms with E-state index in [9.17, 15) is 0 Å². The first-order valence-electron chi connectivity index (χ1n) is 5.83. The lowest BCUT2D eigenvalue weighted by atomic mass is 9.83. The van der Waals surface area contributed by atoms with Crippen LogP contribution in [0.2, 0.25) is 0 Å². The summed E-state index contributed by atoms with van der Waals surface area (Å²) in [7, 11) is 0. The minimum Gasteiger partial charge on any atom is -0.315 e. The standard InChI is InChI=1S/C13H12N6/c14-13(12-3-6-17-9-19-12)7-15-4-1-10(13)11-2-5-16-8-18-11/h1-6,8-9H,7,14H2. The largest absolute Gasteiger partial charge is 0.315 e. The number of nitrogens with zero attached hydrogens (tertiary/aromatic N) is 5. The highest BCUT2D eigenvalue weighted by Gasteiger charge is 2.35. The van der Waals surface area contributed by atoms with Gasteiger partial charge in [0, 0.05) is 24.2 Å². The Morgan fingerprint density at radius 1 is 1.05 bits per heavy atom. The molecule has 1 aliphatic rings. The summed E-state index contributed by atoms with van der Waals surface area (Å²) in [4.78, 5) is 20.6. The summed E-state index contributed by atoms with van der Waals surface area (Å²) < 4.78 is 0. The maximum Gasteiger partial charge on any atom is 0.116 e. The Balaban J connectivity index is 2.11. The zero-order chi connectivity index (χ0) is 13.1. The molecule has 1 unspecified atom stereocenters. The van der Waals surface area contributed by atoms with E-state index < -0.39 is 5.54 Å². The fourth-order valence-corrected chi connectivity index (χ4v) is 2.10. The molecule has 0 saturated heterocycles. The Bertz CT molecular complexity index is 622. The second-order valence-corrected chi connectivity index (χ2v) is 4.23. The van der Waals surface area contributed by atoms with Gasteiger partial charge in [0.2, 0.25) is 0 Å². The van der Waals surface area contributed by atoms with Gasteiger partial charge >= 0.3 is 0 Å². The Kier molecular flexibility index (Phi) is 2.85. The molecule has 2 aromatic rings. The lowest BCUT2D eigenvalue weighted by Crippen LogP contribution is -2.43. The van der Waals surface area contributed by atoms with Gasteiger partial charge in [0.15, 0.2) is 0 Å². The van der Waals surface area contributed by atoms with Crippen molar-refractivity contribution in [3.8, 4) is 0 Å². The van der Waals surface area contributed by atoms with Gasteiger partial charge in [-0.1, -0.05) is 0 Å². The van der Waals surface area contributed by atoms with E-state index in [0.717, 1.165) is 17.0 Å². The summed E-state index contributed by atoms with van der Waals surface area (Å²) in [5.74, 6) is 0. The van der Waals surface area contributed by atoms with E-state index in [-0.39, 0.29) is 0 Å². The number of dihydropyridines is 1. The third-order valence-electron chi connectivity index (χ3n) is 3.06. The molecule has 0 spiro atoms. The topological polar surface area (TPSA) is 89.9 Å². The molecule has 2 N–H and O–H groups in total. The summed E-state index contributed by atoms with van der Waals surface area (Å²) in [6.45, 7) is 0.430. The molecule has 0 aromatic carbocycles. The Hall–Kier alpha value is -2.47. The predicted octanol–water partition coefficient (Wildman–Crippen LogP) is 0.589. The van der Waals surface area contributed by atoms with Crippen LogP contribution in [0.25, 0.3) is 5.57 Å². The van der Waals surface area contributed by atoms with Crippen molar-refractivity contribution < 1.29 is 0 Å². The summed E-state index contributed by atoms with van der Waals surface area (Å²) in [6, 6.07) is 3.63. The molecule has 0 fully saturated rings. The first-order chi connectivity index (χ1) is 9.31. The summed E-state index contributed by atoms with van der Waals surface area (Å²) in [5, 5.41) is 0. The molecule has 1 atom stereocenters. The maximum atomic E-state index is 6.52. The minimum atomic E-state index is -0.786. The molecule has 0 saturated carbocycles. The van der Waals surface area contributed by atoms with Crippen molar-refractivity contribution in [2.45, 2.75) is 5.54 Å². The highest BCUT2D eigenvalue weighted by Crippen LogP contribution is 2.33. The van der Waals surface area contributed by atoms with Crippen LogP contribution < -0.4 is 5.73 Å². The highest BCUT2D eigenvalue weighted by atomic mass is 15.0. The van der Waals surface area contributed by atoms with Gasteiger partial charge in [-0.15, -0.1) is 0 Å². The van der Waals surface area contributed by atoms with Gasteiger partial charge in [-0.3, -0.25) is 4.99 Å². The molecular formula is C13H12N6. The molecule has 1 aliphatic heterocycles. The van der Waals surface area contributed by atoms with Crippen molar-refractivity contribution >= 4 is 11.8 Å². The fourth-order valence-electron chi connectivity index (χ4n) is 2.10. The van der Waals surface area contributed by atoms with Crippen molar-refractivity contribution in [2.75, 3.05) is 6.54 Å². The number of hydrogen-bond acceptors (Lipinski definition) is 6. The van der Waals surface area contributed by atoms with Crippen LogP contribution >= 0.6 is 0 Å². The summed E-state index contributed by atoms with van der Waals surface area (Å²) in [6.07, 6.45) is 9.96. The van der Waals surface area contributed by atoms with E-state index >= 15 is 0 Å². The Labute approximate surface area is 110 Å². The normalized spacial score (nSPS) is 22.1. The zero-order valence-corrected chi connectivity index (χ0v) is 10.1. The highest BCUT2D eigenvalue weighted by molar-refractivity contribution is 5.89. The fraction of sp³-hybridized carbons (Fsp3) is 0.154. The third-order valence-corrected chi connectivity index (χ3v) is 3.06. The zero-order valence-electron chi connectivity index (χ0n) is 10.1. The van der Waals surface area contributed by atoms with Crippen LogP contribution in [0.1, 0.15) is 11.4 Å². The second-order valence-electron chi connectivity index (χ2n) is 4.23. The molecule has 0 radical (unpaired) electrons. The molecule has 0 aliphatic carbocycles. The molecule has 19 heavy (non-hydrogen) atoms. The molecule has 0 bridgehead atoms. The summed E-state index contributed by atoms with van der Waals surface area (Å²) >= 11 is 0. The second kappa shape index (κ2) is 4.66. The predicted molar refractivity (Wildman–Crippen MR) is 71.3 cm³/mol. The van der Waals surface area contributed by atoms with Crippen molar-refractivity contribution in [3.05, 3.63) is 54.6 Å². The molecule has 3 rings (SSSR count). The molecular weight excluding hydrogens is 240 g/mol. The van der Waals surface area contributed by atoms with E-state index in [1.807, 2.05) is 12.1 Å². The average Bonchev–Trinajstić information content (AvgIpc) is 2.49. The molecule has 3 heterocycles. The lowest BCUT2D eigenvalue weighted by Gasteiger charge is -2.31. The average molecular weight is 252 g/mol. The van der Waals surface area contributed by atoms with Crippen molar-refractivity contribution in [3.63, 3.8) is 0 Å². The lowest BCUT2D eigenvalue weighted by molar-refractivity contribution is 0.569. The molecule has 94 valence electrons. The Morgan fingerprint density at radius 2 is 1.84 bits per heavy atom. The first-order valence-corrected chi connectivity index (χ1v) is 5.83. The van der Waals surface area contributed by atoms with Crippen LogP contribution in [0.4, 0.5) is 0 Å². The number of rotatable bonds is 2. The van der Waals surface area contributed by atoms with Gasteiger partial charge in [-0.25, -0.2) is 19.9 Å². The van der Waals surface area contributed by atoms with Crippen molar-refractivity contribution in [1.29, 1.82) is 0 Å². The van der Waals surface area contributed by atoms with Gasteiger partial charge in [-0.2, -0.15) is 0 Å². The van der Waals surface area contributed by atoms with Gasteiger partial charge < -0.3 is 5.73 Å². The Morgan fingerprint density at radius 3 is 2.53 bits per heavy atom. The van der Waals surface area contributed by atoms with Gasteiger partial charge in [0.25, 0.3) is 0 Å². The van der Waals surface area contributed by atoms with Gasteiger partial charge in [0.05, 0.1) is 17.9 Å². The first kappa shape index (κ1) is 11.6. The minimum absolute atomic E-state index is 0.430. The van der Waals surface area contributed by atoms with Crippen LogP contribution in [-0.4, -0.2) is 32.7 Å². The smallest absolute Gasteiger partial charge is 0.116 e. The van der Waals surface area contributed by atoms with Crippen LogP contribution in [-0.2, 0) is 5.54 Å². The van der Waals surface area contributed by atoms with Crippen LogP contribution in [0, 0.1) is 0 Å². The number of hydrogen-bond donors (Lipinski definition) is 1. The van der Waals surface area contributed by atoms with E-state index in [4.69, 9.17) is 5.73 Å². The van der Waals surface area contributed by atoms with Gasteiger partial charge in [0.1, 0.15) is 18.2 Å².